The smallest absolute Gasteiger partial charge is 0.144 e. The molecule has 0 amide bonds. The van der Waals surface area contributed by atoms with E-state index in [-0.39, 0.29) is 11.7 Å². The molecule has 0 N–H and O–H groups in total. The Hall–Kier alpha value is -2.18. The lowest BCUT2D eigenvalue weighted by atomic mass is 9.74. The van der Waals surface area contributed by atoms with Crippen molar-refractivity contribution in [2.24, 2.45) is 5.92 Å². The molecule has 0 bridgehead atoms. The molecule has 1 saturated carbocycles. The fraction of sp³-hybridized carbons (Fsp3) is 0.409. The summed E-state index contributed by atoms with van der Waals surface area (Å²) in [4.78, 5) is 15.0. The van der Waals surface area contributed by atoms with E-state index >= 15 is 0 Å². The number of methoxy groups -OCH3 is 1. The highest BCUT2D eigenvalue weighted by Crippen LogP contribution is 2.44. The monoisotopic (exact) mass is 371 g/mol. The molecule has 4 heteroatoms. The Morgan fingerprint density at radius 1 is 1.42 bits per heavy atom. The number of ketones is 1. The maximum Gasteiger partial charge on any atom is 0.144 e. The second-order valence-electron chi connectivity index (χ2n) is 6.90. The van der Waals surface area contributed by atoms with Gasteiger partial charge in [0.2, 0.25) is 0 Å². The van der Waals surface area contributed by atoms with E-state index in [1.165, 1.54) is 0 Å². The van der Waals surface area contributed by atoms with E-state index in [0.29, 0.717) is 22.8 Å². The van der Waals surface area contributed by atoms with Crippen molar-refractivity contribution < 1.29 is 9.53 Å². The molecule has 0 radical (unpaired) electrons. The highest BCUT2D eigenvalue weighted by atomic mass is 35.5. The van der Waals surface area contributed by atoms with Crippen LogP contribution in [-0.2, 0) is 4.79 Å². The minimum Gasteiger partial charge on any atom is -0.496 e. The Balaban J connectivity index is 2.32. The molecule has 1 aromatic carbocycles. The maximum absolute atomic E-state index is 13.0. The van der Waals surface area contributed by atoms with Crippen molar-refractivity contribution in [3.8, 4) is 17.6 Å². The zero-order chi connectivity index (χ0) is 19.4. The fourth-order valence-corrected chi connectivity index (χ4v) is 3.81. The summed E-state index contributed by atoms with van der Waals surface area (Å²) < 4.78 is 5.52. The average molecular weight is 372 g/mol. The fourth-order valence-electron chi connectivity index (χ4n) is 3.49. The predicted molar refractivity (Wildman–Crippen MR) is 108 cm³/mol. The van der Waals surface area contributed by atoms with Gasteiger partial charge in [0, 0.05) is 41.9 Å². The number of hydrogen-bond acceptors (Lipinski definition) is 3. The lowest BCUT2D eigenvalue weighted by Crippen LogP contribution is -2.32. The third-order valence-electron chi connectivity index (χ3n) is 4.82. The molecule has 2 unspecified atom stereocenters. The first-order valence-electron chi connectivity index (χ1n) is 8.65. The van der Waals surface area contributed by atoms with Gasteiger partial charge in [-0.25, -0.2) is 0 Å². The van der Waals surface area contributed by atoms with Crippen LogP contribution < -0.4 is 4.74 Å². The molecule has 138 valence electrons. The van der Waals surface area contributed by atoms with Gasteiger partial charge >= 0.3 is 0 Å². The number of hydrogen-bond donors (Lipinski definition) is 0. The molecule has 1 fully saturated rings. The molecule has 0 saturated heterocycles. The van der Waals surface area contributed by atoms with Crippen LogP contribution in [0.2, 0.25) is 5.02 Å². The SMILES string of the molecule is C=C1CC(CN(C)C(=C)C)CC(=O)C1c1c(Cl)cc(C#CC)cc1OC. The molecule has 2 atom stereocenters. The summed E-state index contributed by atoms with van der Waals surface area (Å²) in [6.45, 7) is 12.7. The quantitative estimate of drug-likeness (QED) is 0.549. The zero-order valence-corrected chi connectivity index (χ0v) is 16.7. The van der Waals surface area contributed by atoms with Gasteiger partial charge in [0.05, 0.1) is 13.0 Å². The van der Waals surface area contributed by atoms with E-state index in [1.54, 1.807) is 20.1 Å². The number of carbonyl (C=O) groups excluding carboxylic acids is 1. The molecule has 26 heavy (non-hydrogen) atoms. The van der Waals surface area contributed by atoms with E-state index < -0.39 is 5.92 Å². The first-order valence-corrected chi connectivity index (χ1v) is 9.03. The molecule has 0 aliphatic heterocycles. The highest BCUT2D eigenvalue weighted by molar-refractivity contribution is 6.32. The topological polar surface area (TPSA) is 29.5 Å². The van der Waals surface area contributed by atoms with Crippen molar-refractivity contribution in [2.45, 2.75) is 32.6 Å². The van der Waals surface area contributed by atoms with Gasteiger partial charge < -0.3 is 9.64 Å². The van der Waals surface area contributed by atoms with E-state index in [9.17, 15) is 4.79 Å². The Bertz CT molecular complexity index is 782. The minimum atomic E-state index is -0.424. The summed E-state index contributed by atoms with van der Waals surface area (Å²) in [7, 11) is 3.58. The Morgan fingerprint density at radius 2 is 2.12 bits per heavy atom. The third kappa shape index (κ3) is 4.31. The Kier molecular flexibility index (Phi) is 6.56. The Labute approximate surface area is 161 Å². The van der Waals surface area contributed by atoms with Crippen LogP contribution in [0.25, 0.3) is 0 Å². The van der Waals surface area contributed by atoms with Crippen molar-refractivity contribution in [3.05, 3.63) is 52.7 Å². The number of carbonyl (C=O) groups is 1. The zero-order valence-electron chi connectivity index (χ0n) is 16.0. The molecule has 1 aliphatic rings. The van der Waals surface area contributed by atoms with Gasteiger partial charge in [-0.1, -0.05) is 36.3 Å². The van der Waals surface area contributed by atoms with Gasteiger partial charge in [0.25, 0.3) is 0 Å². The largest absolute Gasteiger partial charge is 0.496 e. The van der Waals surface area contributed by atoms with Gasteiger partial charge in [-0.15, -0.1) is 5.92 Å². The first-order chi connectivity index (χ1) is 12.3. The van der Waals surface area contributed by atoms with Gasteiger partial charge in [-0.2, -0.15) is 0 Å². The van der Waals surface area contributed by atoms with Crippen LogP contribution in [-0.4, -0.2) is 31.4 Å². The number of nitrogens with zero attached hydrogens (tertiary/aromatic N) is 1. The lowest BCUT2D eigenvalue weighted by molar-refractivity contribution is -0.121. The number of benzene rings is 1. The number of halogens is 1. The van der Waals surface area contributed by atoms with Crippen molar-refractivity contribution >= 4 is 17.4 Å². The molecule has 0 spiro atoms. The lowest BCUT2D eigenvalue weighted by Gasteiger charge is -2.33. The summed E-state index contributed by atoms with van der Waals surface area (Å²) in [5.74, 6) is 6.37. The van der Waals surface area contributed by atoms with Crippen molar-refractivity contribution in [3.63, 3.8) is 0 Å². The molecular weight excluding hydrogens is 346 g/mol. The summed E-state index contributed by atoms with van der Waals surface area (Å²) in [6, 6.07) is 3.62. The van der Waals surface area contributed by atoms with Crippen LogP contribution in [0.15, 0.2) is 36.6 Å². The van der Waals surface area contributed by atoms with E-state index in [0.717, 1.165) is 29.8 Å². The van der Waals surface area contributed by atoms with Gasteiger partial charge in [0.15, 0.2) is 0 Å². The number of ether oxygens (including phenoxy) is 1. The molecule has 1 aromatic rings. The number of Topliss-reactive ketones (excluding diaryl/α,β-unsaturated/α-hetero) is 1. The molecule has 0 heterocycles. The standard InChI is InChI=1S/C22H26ClNO2/c1-7-8-16-10-18(23)22(20(12-16)26-6)21-15(4)9-17(11-19(21)25)13-24(5)14(2)3/h10,12,17,21H,2,4,9,11,13H2,1,3,5-6H3. The number of rotatable bonds is 5. The summed E-state index contributed by atoms with van der Waals surface area (Å²) in [6.07, 6.45) is 1.28. The van der Waals surface area contributed by atoms with E-state index in [2.05, 4.69) is 29.9 Å². The van der Waals surface area contributed by atoms with Crippen LogP contribution in [0.5, 0.6) is 5.75 Å². The van der Waals surface area contributed by atoms with Crippen molar-refractivity contribution in [2.75, 3.05) is 20.7 Å². The van der Waals surface area contributed by atoms with Crippen LogP contribution in [0, 0.1) is 17.8 Å². The van der Waals surface area contributed by atoms with E-state index in [4.69, 9.17) is 16.3 Å². The van der Waals surface area contributed by atoms with Crippen LogP contribution in [0.4, 0.5) is 0 Å². The molecule has 0 aromatic heterocycles. The molecule has 2 rings (SSSR count). The van der Waals surface area contributed by atoms with Gasteiger partial charge in [-0.05, 0) is 38.3 Å². The highest BCUT2D eigenvalue weighted by Gasteiger charge is 2.36. The Morgan fingerprint density at radius 3 is 2.65 bits per heavy atom. The number of allylic oxidation sites excluding steroid dienone is 2. The second-order valence-corrected chi connectivity index (χ2v) is 7.30. The average Bonchev–Trinajstić information content (AvgIpc) is 2.55. The second kappa shape index (κ2) is 8.47. The third-order valence-corrected chi connectivity index (χ3v) is 5.14. The van der Waals surface area contributed by atoms with Crippen molar-refractivity contribution in [1.29, 1.82) is 0 Å². The molecule has 3 nitrogen and oxygen atoms in total. The maximum atomic E-state index is 13.0. The first kappa shape index (κ1) is 20.1. The minimum absolute atomic E-state index is 0.135. The van der Waals surface area contributed by atoms with Gasteiger partial charge in [0.1, 0.15) is 11.5 Å². The van der Waals surface area contributed by atoms with Crippen molar-refractivity contribution in [1.82, 2.24) is 4.90 Å². The molecular formula is C22H26ClNO2. The predicted octanol–water partition coefficient (Wildman–Crippen LogP) is 4.80. The van der Waals surface area contributed by atoms with Crippen LogP contribution >= 0.6 is 11.6 Å². The normalized spacial score (nSPS) is 19.6. The summed E-state index contributed by atoms with van der Waals surface area (Å²) >= 11 is 6.51. The van der Waals surface area contributed by atoms with E-state index in [1.807, 2.05) is 20.0 Å². The summed E-state index contributed by atoms with van der Waals surface area (Å²) in [5.41, 5.74) is 3.35. The van der Waals surface area contributed by atoms with Crippen LogP contribution in [0.1, 0.15) is 43.7 Å². The van der Waals surface area contributed by atoms with Gasteiger partial charge in [-0.3, -0.25) is 4.79 Å². The van der Waals surface area contributed by atoms with Crippen LogP contribution in [0.3, 0.4) is 0 Å². The molecule has 1 aliphatic carbocycles. The summed E-state index contributed by atoms with van der Waals surface area (Å²) in [5, 5.41) is 0.499.